The molecular formula is C16H20FN3. The van der Waals surface area contributed by atoms with E-state index in [1.807, 2.05) is 37.1 Å². The Bertz CT molecular complexity index is 555. The average Bonchev–Trinajstić information content (AvgIpc) is 2.45. The van der Waals surface area contributed by atoms with Crippen LogP contribution in [0.1, 0.15) is 24.1 Å². The number of hydrogen-bond acceptors (Lipinski definition) is 3. The zero-order chi connectivity index (χ0) is 14.5. The van der Waals surface area contributed by atoms with Gasteiger partial charge in [0.2, 0.25) is 0 Å². The first-order valence-corrected chi connectivity index (χ1v) is 6.73. The van der Waals surface area contributed by atoms with Crippen molar-refractivity contribution in [3.63, 3.8) is 0 Å². The summed E-state index contributed by atoms with van der Waals surface area (Å²) in [5, 5.41) is 0. The number of benzene rings is 1. The predicted molar refractivity (Wildman–Crippen MR) is 80.2 cm³/mol. The van der Waals surface area contributed by atoms with Gasteiger partial charge in [-0.15, -0.1) is 0 Å². The summed E-state index contributed by atoms with van der Waals surface area (Å²) in [6.07, 6.45) is 4.38. The minimum atomic E-state index is -0.225. The maximum Gasteiger partial charge on any atom is 0.146 e. The fourth-order valence-electron chi connectivity index (χ4n) is 2.26. The first-order valence-electron chi connectivity index (χ1n) is 6.73. The molecule has 0 bridgehead atoms. The number of nitrogens with zero attached hydrogens (tertiary/aromatic N) is 2. The predicted octanol–water partition coefficient (Wildman–Crippen LogP) is 2.92. The van der Waals surface area contributed by atoms with Gasteiger partial charge in [0.1, 0.15) is 5.82 Å². The highest BCUT2D eigenvalue weighted by molar-refractivity contribution is 5.55. The van der Waals surface area contributed by atoms with Crippen molar-refractivity contribution in [1.82, 2.24) is 4.98 Å². The molecule has 2 N–H and O–H groups in total. The molecule has 1 heterocycles. The quantitative estimate of drug-likeness (QED) is 0.910. The van der Waals surface area contributed by atoms with Crippen molar-refractivity contribution in [3.8, 4) is 0 Å². The standard InChI is InChI=1S/C16H20FN3/c1-12(18)14-4-3-5-15(17)16(14)20(2)11-8-13-6-9-19-10-7-13/h3-7,9-10,12H,8,11,18H2,1-2H3/t12-/m0/s1. The topological polar surface area (TPSA) is 42.1 Å². The van der Waals surface area contributed by atoms with Crippen molar-refractivity contribution in [2.75, 3.05) is 18.5 Å². The largest absolute Gasteiger partial charge is 0.372 e. The Balaban J connectivity index is 2.15. The summed E-state index contributed by atoms with van der Waals surface area (Å²) in [7, 11) is 1.89. The molecule has 0 spiro atoms. The molecule has 0 radical (unpaired) electrons. The lowest BCUT2D eigenvalue weighted by atomic mass is 10.1. The average molecular weight is 273 g/mol. The number of hydrogen-bond donors (Lipinski definition) is 1. The van der Waals surface area contributed by atoms with Crippen molar-refractivity contribution in [1.29, 1.82) is 0 Å². The van der Waals surface area contributed by atoms with Crippen LogP contribution < -0.4 is 10.6 Å². The molecule has 0 saturated carbocycles. The lowest BCUT2D eigenvalue weighted by molar-refractivity contribution is 0.616. The number of anilines is 1. The van der Waals surface area contributed by atoms with Crippen molar-refractivity contribution >= 4 is 5.69 Å². The van der Waals surface area contributed by atoms with Crippen LogP contribution in [0.3, 0.4) is 0 Å². The van der Waals surface area contributed by atoms with Crippen LogP contribution in [0.2, 0.25) is 0 Å². The summed E-state index contributed by atoms with van der Waals surface area (Å²) in [6, 6.07) is 8.82. The maximum atomic E-state index is 14.1. The van der Waals surface area contributed by atoms with E-state index in [9.17, 15) is 4.39 Å². The number of aromatic nitrogens is 1. The molecule has 1 atom stereocenters. The molecule has 0 amide bonds. The zero-order valence-electron chi connectivity index (χ0n) is 11.9. The first-order chi connectivity index (χ1) is 9.59. The minimum absolute atomic E-state index is 0.191. The summed E-state index contributed by atoms with van der Waals surface area (Å²) in [4.78, 5) is 5.92. The van der Waals surface area contributed by atoms with E-state index in [2.05, 4.69) is 4.98 Å². The SMILES string of the molecule is C[C@H](N)c1cccc(F)c1N(C)CCc1ccncc1. The van der Waals surface area contributed by atoms with Crippen LogP contribution in [0.4, 0.5) is 10.1 Å². The van der Waals surface area contributed by atoms with E-state index in [0.717, 1.165) is 18.5 Å². The maximum absolute atomic E-state index is 14.1. The fraction of sp³-hybridized carbons (Fsp3) is 0.312. The van der Waals surface area contributed by atoms with Gasteiger partial charge in [-0.05, 0) is 42.7 Å². The summed E-state index contributed by atoms with van der Waals surface area (Å²) < 4.78 is 14.1. The number of pyridine rings is 1. The van der Waals surface area contributed by atoms with Gasteiger partial charge in [-0.3, -0.25) is 4.98 Å². The lowest BCUT2D eigenvalue weighted by Gasteiger charge is -2.24. The normalized spacial score (nSPS) is 12.2. The third-order valence-electron chi connectivity index (χ3n) is 3.38. The van der Waals surface area contributed by atoms with E-state index in [1.165, 1.54) is 11.6 Å². The highest BCUT2D eigenvalue weighted by Gasteiger charge is 2.15. The lowest BCUT2D eigenvalue weighted by Crippen LogP contribution is -2.24. The van der Waals surface area contributed by atoms with Crippen LogP contribution in [0.5, 0.6) is 0 Å². The van der Waals surface area contributed by atoms with Gasteiger partial charge in [-0.25, -0.2) is 4.39 Å². The third-order valence-corrected chi connectivity index (χ3v) is 3.38. The Hall–Kier alpha value is -1.94. The monoisotopic (exact) mass is 273 g/mol. The number of nitrogens with two attached hydrogens (primary N) is 1. The molecule has 20 heavy (non-hydrogen) atoms. The fourth-order valence-corrected chi connectivity index (χ4v) is 2.26. The minimum Gasteiger partial charge on any atom is -0.372 e. The van der Waals surface area contributed by atoms with Crippen LogP contribution in [0.25, 0.3) is 0 Å². The van der Waals surface area contributed by atoms with Crippen LogP contribution >= 0.6 is 0 Å². The number of likely N-dealkylation sites (N-methyl/N-ethyl adjacent to an activating group) is 1. The second-order valence-corrected chi connectivity index (χ2v) is 4.99. The summed E-state index contributed by atoms with van der Waals surface area (Å²) >= 11 is 0. The Labute approximate surface area is 119 Å². The molecule has 2 aromatic rings. The van der Waals surface area contributed by atoms with E-state index in [1.54, 1.807) is 18.5 Å². The van der Waals surface area contributed by atoms with Crippen molar-refractivity contribution in [3.05, 3.63) is 59.7 Å². The Kier molecular flexibility index (Phi) is 4.69. The molecular weight excluding hydrogens is 253 g/mol. The molecule has 0 aliphatic carbocycles. The smallest absolute Gasteiger partial charge is 0.146 e. The van der Waals surface area contributed by atoms with E-state index in [0.29, 0.717) is 5.69 Å². The van der Waals surface area contributed by atoms with E-state index in [-0.39, 0.29) is 11.9 Å². The van der Waals surface area contributed by atoms with Gasteiger partial charge in [0.05, 0.1) is 5.69 Å². The van der Waals surface area contributed by atoms with Gasteiger partial charge in [0, 0.05) is 32.0 Å². The first kappa shape index (κ1) is 14.5. The Morgan fingerprint density at radius 2 is 1.95 bits per heavy atom. The van der Waals surface area contributed by atoms with Gasteiger partial charge < -0.3 is 10.6 Å². The molecule has 1 aromatic carbocycles. The second kappa shape index (κ2) is 6.48. The van der Waals surface area contributed by atoms with E-state index >= 15 is 0 Å². The molecule has 4 heteroatoms. The molecule has 0 aliphatic rings. The van der Waals surface area contributed by atoms with Crippen LogP contribution in [0, 0.1) is 5.82 Å². The molecule has 2 rings (SSSR count). The van der Waals surface area contributed by atoms with Gasteiger partial charge in [0.25, 0.3) is 0 Å². The third kappa shape index (κ3) is 3.33. The number of halogens is 1. The summed E-state index contributed by atoms with van der Waals surface area (Å²) in [6.45, 7) is 2.60. The van der Waals surface area contributed by atoms with Gasteiger partial charge in [-0.1, -0.05) is 12.1 Å². The van der Waals surface area contributed by atoms with Crippen molar-refractivity contribution in [2.24, 2.45) is 5.73 Å². The molecule has 0 unspecified atom stereocenters. The number of rotatable bonds is 5. The number of para-hydroxylation sites is 1. The Morgan fingerprint density at radius 1 is 1.25 bits per heavy atom. The van der Waals surface area contributed by atoms with Crippen molar-refractivity contribution < 1.29 is 4.39 Å². The van der Waals surface area contributed by atoms with Crippen molar-refractivity contribution in [2.45, 2.75) is 19.4 Å². The molecule has 106 valence electrons. The molecule has 0 saturated heterocycles. The van der Waals surface area contributed by atoms with E-state index < -0.39 is 0 Å². The van der Waals surface area contributed by atoms with Gasteiger partial charge in [0.15, 0.2) is 0 Å². The van der Waals surface area contributed by atoms with E-state index in [4.69, 9.17) is 5.73 Å². The molecule has 1 aromatic heterocycles. The second-order valence-electron chi connectivity index (χ2n) is 4.99. The molecule has 0 fully saturated rings. The highest BCUT2D eigenvalue weighted by Crippen LogP contribution is 2.27. The Morgan fingerprint density at radius 3 is 2.60 bits per heavy atom. The summed E-state index contributed by atoms with van der Waals surface area (Å²) in [5.74, 6) is -0.225. The highest BCUT2D eigenvalue weighted by atomic mass is 19.1. The van der Waals surface area contributed by atoms with Crippen LogP contribution in [0.15, 0.2) is 42.7 Å². The summed E-state index contributed by atoms with van der Waals surface area (Å²) in [5.41, 5.74) is 8.54. The zero-order valence-corrected chi connectivity index (χ0v) is 11.9. The van der Waals surface area contributed by atoms with Gasteiger partial charge in [-0.2, -0.15) is 0 Å². The van der Waals surface area contributed by atoms with Crippen LogP contribution in [-0.2, 0) is 6.42 Å². The van der Waals surface area contributed by atoms with Gasteiger partial charge >= 0.3 is 0 Å². The molecule has 3 nitrogen and oxygen atoms in total. The molecule has 0 aliphatic heterocycles. The van der Waals surface area contributed by atoms with Crippen LogP contribution in [-0.4, -0.2) is 18.6 Å².